The van der Waals surface area contributed by atoms with Gasteiger partial charge in [-0.25, -0.2) is 4.68 Å². The molecule has 0 saturated heterocycles. The summed E-state index contributed by atoms with van der Waals surface area (Å²) in [6.45, 7) is 0.639. The van der Waals surface area contributed by atoms with Gasteiger partial charge in [-0.15, -0.1) is 0 Å². The number of pyridine rings is 1. The number of rotatable bonds is 3. The highest BCUT2D eigenvalue weighted by molar-refractivity contribution is 6.30. The molecule has 0 radical (unpaired) electrons. The van der Waals surface area contributed by atoms with Crippen LogP contribution in [0.15, 0.2) is 48.8 Å². The second-order valence-corrected chi connectivity index (χ2v) is 6.17. The normalized spacial score (nSPS) is 13.5. The molecule has 24 heavy (non-hydrogen) atoms. The molecule has 4 rings (SSSR count). The maximum absolute atomic E-state index is 11.9. The summed E-state index contributed by atoms with van der Waals surface area (Å²) < 4.78 is 1.83. The zero-order chi connectivity index (χ0) is 16.5. The van der Waals surface area contributed by atoms with Crippen molar-refractivity contribution in [3.05, 3.63) is 76.3 Å². The number of hydrogen-bond acceptors (Lipinski definition) is 3. The number of hydrogen-bond donors (Lipinski definition) is 1. The van der Waals surface area contributed by atoms with Gasteiger partial charge in [0.05, 0.1) is 23.1 Å². The average molecular weight is 339 g/mol. The van der Waals surface area contributed by atoms with E-state index in [0.29, 0.717) is 12.1 Å². The minimum absolute atomic E-state index is 0.0575. The summed E-state index contributed by atoms with van der Waals surface area (Å²) >= 11 is 5.93. The molecule has 1 aliphatic heterocycles. The van der Waals surface area contributed by atoms with Crippen molar-refractivity contribution in [2.75, 3.05) is 6.54 Å². The van der Waals surface area contributed by atoms with Crippen molar-refractivity contribution in [3.8, 4) is 5.69 Å². The Kier molecular flexibility index (Phi) is 3.78. The van der Waals surface area contributed by atoms with Gasteiger partial charge >= 0.3 is 0 Å². The van der Waals surface area contributed by atoms with Crippen molar-refractivity contribution in [1.29, 1.82) is 0 Å². The molecule has 3 heterocycles. The van der Waals surface area contributed by atoms with Crippen molar-refractivity contribution < 1.29 is 4.79 Å². The Hall–Kier alpha value is -2.66. The van der Waals surface area contributed by atoms with E-state index < -0.39 is 0 Å². The van der Waals surface area contributed by atoms with Crippen molar-refractivity contribution in [3.63, 3.8) is 0 Å². The third-order valence-corrected chi connectivity index (χ3v) is 4.36. The van der Waals surface area contributed by atoms with Crippen LogP contribution in [0.1, 0.15) is 27.3 Å². The number of amides is 1. The maximum atomic E-state index is 11.9. The highest BCUT2D eigenvalue weighted by Crippen LogP contribution is 2.19. The molecule has 1 amide bonds. The molecule has 0 spiro atoms. The number of nitrogens with zero attached hydrogens (tertiary/aromatic N) is 3. The fraction of sp³-hybridized carbons (Fsp3) is 0.167. The summed E-state index contributed by atoms with van der Waals surface area (Å²) in [5.74, 6) is -0.0575. The Morgan fingerprint density at radius 1 is 1.21 bits per heavy atom. The van der Waals surface area contributed by atoms with E-state index in [2.05, 4.69) is 15.4 Å². The lowest BCUT2D eigenvalue weighted by Crippen LogP contribution is -2.32. The molecule has 0 unspecified atom stereocenters. The first-order chi connectivity index (χ1) is 11.7. The van der Waals surface area contributed by atoms with Crippen LogP contribution in [-0.2, 0) is 12.8 Å². The van der Waals surface area contributed by atoms with Gasteiger partial charge in [-0.2, -0.15) is 5.10 Å². The predicted molar refractivity (Wildman–Crippen MR) is 91.7 cm³/mol. The highest BCUT2D eigenvalue weighted by atomic mass is 35.5. The summed E-state index contributed by atoms with van der Waals surface area (Å²) in [5, 5.41) is 7.95. The maximum Gasteiger partial charge on any atom is 0.254 e. The molecule has 0 aliphatic carbocycles. The van der Waals surface area contributed by atoms with Gasteiger partial charge in [-0.3, -0.25) is 9.78 Å². The van der Waals surface area contributed by atoms with Gasteiger partial charge in [0.25, 0.3) is 5.91 Å². The lowest BCUT2D eigenvalue weighted by Gasteiger charge is -2.15. The number of halogens is 1. The quantitative estimate of drug-likeness (QED) is 0.799. The van der Waals surface area contributed by atoms with Crippen molar-refractivity contribution >= 4 is 17.5 Å². The van der Waals surface area contributed by atoms with Crippen LogP contribution in [0.4, 0.5) is 0 Å². The molecule has 3 aromatic rings. The molecular formula is C18H15ClN4O. The van der Waals surface area contributed by atoms with E-state index in [1.54, 1.807) is 12.4 Å². The van der Waals surface area contributed by atoms with Crippen LogP contribution in [0.5, 0.6) is 0 Å². The molecule has 6 heteroatoms. The van der Waals surface area contributed by atoms with E-state index in [0.717, 1.165) is 40.5 Å². The summed E-state index contributed by atoms with van der Waals surface area (Å²) in [4.78, 5) is 16.3. The molecular weight excluding hydrogens is 324 g/mol. The first-order valence-corrected chi connectivity index (χ1v) is 8.13. The van der Waals surface area contributed by atoms with E-state index in [1.165, 1.54) is 0 Å². The van der Waals surface area contributed by atoms with E-state index in [4.69, 9.17) is 11.6 Å². The largest absolute Gasteiger partial charge is 0.352 e. The van der Waals surface area contributed by atoms with Crippen LogP contribution in [-0.4, -0.2) is 27.2 Å². The molecule has 2 aromatic heterocycles. The molecule has 0 bridgehead atoms. The lowest BCUT2D eigenvalue weighted by atomic mass is 10.1. The second-order valence-electron chi connectivity index (χ2n) is 5.73. The van der Waals surface area contributed by atoms with E-state index in [-0.39, 0.29) is 5.91 Å². The fourth-order valence-corrected chi connectivity index (χ4v) is 3.05. The number of nitrogens with one attached hydrogen (secondary N) is 1. The zero-order valence-corrected chi connectivity index (χ0v) is 13.6. The Morgan fingerprint density at radius 3 is 2.88 bits per heavy atom. The van der Waals surface area contributed by atoms with Crippen molar-refractivity contribution in [2.45, 2.75) is 12.8 Å². The van der Waals surface area contributed by atoms with E-state index in [1.807, 2.05) is 41.1 Å². The molecule has 120 valence electrons. The number of carbonyl (C=O) groups excluding carboxylic acids is 1. The summed E-state index contributed by atoms with van der Waals surface area (Å²) in [7, 11) is 0. The van der Waals surface area contributed by atoms with Gasteiger partial charge in [0.1, 0.15) is 0 Å². The number of fused-ring (bicyclic) bond motifs is 1. The van der Waals surface area contributed by atoms with Crippen LogP contribution in [0.3, 0.4) is 0 Å². The number of benzene rings is 1. The molecule has 0 atom stereocenters. The SMILES string of the molecule is O=C1NCCc2c1cnn2-c1ccnc(Cc2ccc(Cl)cc2)c1. The first-order valence-electron chi connectivity index (χ1n) is 7.75. The lowest BCUT2D eigenvalue weighted by molar-refractivity contribution is 0.0945. The highest BCUT2D eigenvalue weighted by Gasteiger charge is 2.22. The van der Waals surface area contributed by atoms with Gasteiger partial charge < -0.3 is 5.32 Å². The van der Waals surface area contributed by atoms with Crippen LogP contribution >= 0.6 is 11.6 Å². The Morgan fingerprint density at radius 2 is 2.04 bits per heavy atom. The summed E-state index contributed by atoms with van der Waals surface area (Å²) in [5.41, 5.74) is 4.61. The van der Waals surface area contributed by atoms with Gasteiger partial charge in [0.15, 0.2) is 0 Å². The third kappa shape index (κ3) is 2.78. The van der Waals surface area contributed by atoms with Crippen molar-refractivity contribution in [1.82, 2.24) is 20.1 Å². The van der Waals surface area contributed by atoms with Crippen molar-refractivity contribution in [2.24, 2.45) is 0 Å². The van der Waals surface area contributed by atoms with Gasteiger partial charge in [-0.1, -0.05) is 23.7 Å². The number of carbonyl (C=O) groups is 1. The monoisotopic (exact) mass is 338 g/mol. The first kappa shape index (κ1) is 14.9. The van der Waals surface area contributed by atoms with Gasteiger partial charge in [0, 0.05) is 36.3 Å². The topological polar surface area (TPSA) is 59.8 Å². The molecule has 1 aromatic carbocycles. The Labute approximate surface area is 144 Å². The molecule has 1 N–H and O–H groups in total. The predicted octanol–water partition coefficient (Wildman–Crippen LogP) is 2.80. The molecule has 0 saturated carbocycles. The van der Waals surface area contributed by atoms with E-state index >= 15 is 0 Å². The van der Waals surface area contributed by atoms with Crippen LogP contribution in [0.25, 0.3) is 5.69 Å². The zero-order valence-electron chi connectivity index (χ0n) is 12.9. The molecule has 1 aliphatic rings. The Bertz CT molecular complexity index is 902. The van der Waals surface area contributed by atoms with Gasteiger partial charge in [-0.05, 0) is 29.8 Å². The smallest absolute Gasteiger partial charge is 0.254 e. The summed E-state index contributed by atoms with van der Waals surface area (Å²) in [6, 6.07) is 11.7. The fourth-order valence-electron chi connectivity index (χ4n) is 2.92. The molecule has 0 fully saturated rings. The van der Waals surface area contributed by atoms with E-state index in [9.17, 15) is 4.79 Å². The Balaban J connectivity index is 1.66. The molecule has 5 nitrogen and oxygen atoms in total. The number of aromatic nitrogens is 3. The van der Waals surface area contributed by atoms with Crippen LogP contribution in [0.2, 0.25) is 5.02 Å². The second kappa shape index (κ2) is 6.09. The van der Waals surface area contributed by atoms with Crippen LogP contribution in [0, 0.1) is 0 Å². The van der Waals surface area contributed by atoms with Gasteiger partial charge in [0.2, 0.25) is 0 Å². The third-order valence-electron chi connectivity index (χ3n) is 4.10. The standard InChI is InChI=1S/C18H15ClN4O/c19-13-3-1-12(2-4-13)9-14-10-15(5-7-20-14)23-17-6-8-21-18(24)16(17)11-22-23/h1-5,7,10-11H,6,8-9H2,(H,21,24). The average Bonchev–Trinajstić information content (AvgIpc) is 3.03. The minimum atomic E-state index is -0.0575. The van der Waals surface area contributed by atoms with Crippen LogP contribution < -0.4 is 5.32 Å². The summed E-state index contributed by atoms with van der Waals surface area (Å²) in [6.07, 6.45) is 4.89. The minimum Gasteiger partial charge on any atom is -0.352 e.